The Balaban J connectivity index is 1.31. The average molecular weight is 456 g/mol. The summed E-state index contributed by atoms with van der Waals surface area (Å²) in [6, 6.07) is 23.7. The van der Waals surface area contributed by atoms with Crippen molar-refractivity contribution >= 4 is 34.5 Å². The van der Waals surface area contributed by atoms with Crippen molar-refractivity contribution in [2.75, 3.05) is 0 Å². The van der Waals surface area contributed by atoms with Crippen LogP contribution < -0.4 is 14.8 Å². The van der Waals surface area contributed by atoms with Crippen LogP contribution in [0.2, 0.25) is 0 Å². The molecular weight excluding hydrogens is 437 g/mol. The normalized spacial score (nSPS) is 12.1. The van der Waals surface area contributed by atoms with Gasteiger partial charge >= 0.3 is 0 Å². The first kappa shape index (κ1) is 20.8. The number of thiazole rings is 1. The third-order valence-electron chi connectivity index (χ3n) is 4.92. The van der Waals surface area contributed by atoms with Gasteiger partial charge < -0.3 is 4.74 Å². The number of fused-ring (bicyclic) bond motifs is 1. The maximum absolute atomic E-state index is 13.0. The SMILES string of the molecule is O=c1/c(=C\c2ccc(OCc3ccccc3)cc2)sc2nc(/C=C/c3ccc(F)cc3)nn12. The minimum absolute atomic E-state index is 0.215. The van der Waals surface area contributed by atoms with Crippen LogP contribution in [0.25, 0.3) is 23.2 Å². The smallest absolute Gasteiger partial charge is 0.291 e. The largest absolute Gasteiger partial charge is 0.489 e. The topological polar surface area (TPSA) is 56.5 Å². The second-order valence-corrected chi connectivity index (χ2v) is 8.32. The first-order valence-electron chi connectivity index (χ1n) is 10.3. The fourth-order valence-electron chi connectivity index (χ4n) is 3.22. The standard InChI is InChI=1S/C26H18FN3O2S/c27-21-11-6-18(7-12-21)10-15-24-28-26-30(29-24)25(31)23(33-26)16-19-8-13-22(14-9-19)32-17-20-4-2-1-3-5-20/h1-16H,17H2/b15-10+,23-16+. The summed E-state index contributed by atoms with van der Waals surface area (Å²) in [7, 11) is 0. The van der Waals surface area contributed by atoms with E-state index in [1.165, 1.54) is 28.0 Å². The highest BCUT2D eigenvalue weighted by molar-refractivity contribution is 7.15. The molecule has 0 aliphatic heterocycles. The Bertz CT molecular complexity index is 1520. The van der Waals surface area contributed by atoms with Gasteiger partial charge in [-0.3, -0.25) is 4.79 Å². The summed E-state index contributed by atoms with van der Waals surface area (Å²) in [5.41, 5.74) is 2.60. The molecule has 0 aliphatic carbocycles. The van der Waals surface area contributed by atoms with Gasteiger partial charge in [0, 0.05) is 0 Å². The molecule has 2 heterocycles. The molecule has 0 N–H and O–H groups in total. The Kier molecular flexibility index (Phi) is 5.78. The first-order chi connectivity index (χ1) is 16.1. The number of aromatic nitrogens is 3. The van der Waals surface area contributed by atoms with Crippen molar-refractivity contribution in [3.8, 4) is 5.75 Å². The molecule has 0 spiro atoms. The van der Waals surface area contributed by atoms with Crippen LogP contribution in [0.4, 0.5) is 4.39 Å². The zero-order valence-corrected chi connectivity index (χ0v) is 18.2. The van der Waals surface area contributed by atoms with Crippen molar-refractivity contribution < 1.29 is 9.13 Å². The quantitative estimate of drug-likeness (QED) is 0.376. The van der Waals surface area contributed by atoms with Crippen LogP contribution in [0.3, 0.4) is 0 Å². The summed E-state index contributed by atoms with van der Waals surface area (Å²) < 4.78 is 20.7. The van der Waals surface area contributed by atoms with E-state index in [0.717, 1.165) is 22.4 Å². The fourth-order valence-corrected chi connectivity index (χ4v) is 4.13. The molecule has 5 aromatic rings. The van der Waals surface area contributed by atoms with Crippen LogP contribution in [-0.4, -0.2) is 14.6 Å². The molecule has 162 valence electrons. The maximum Gasteiger partial charge on any atom is 0.291 e. The predicted octanol–water partition coefficient (Wildman–Crippen LogP) is 4.59. The number of benzene rings is 3. The lowest BCUT2D eigenvalue weighted by Gasteiger charge is -2.06. The van der Waals surface area contributed by atoms with E-state index in [1.54, 1.807) is 24.3 Å². The van der Waals surface area contributed by atoms with Crippen molar-refractivity contribution in [3.05, 3.63) is 122 Å². The molecule has 0 unspecified atom stereocenters. The second-order valence-electron chi connectivity index (χ2n) is 7.31. The third kappa shape index (κ3) is 4.88. The van der Waals surface area contributed by atoms with E-state index in [4.69, 9.17) is 4.74 Å². The molecule has 2 aromatic heterocycles. The highest BCUT2D eigenvalue weighted by Crippen LogP contribution is 2.15. The van der Waals surface area contributed by atoms with Crippen molar-refractivity contribution in [3.63, 3.8) is 0 Å². The van der Waals surface area contributed by atoms with Gasteiger partial charge in [0.1, 0.15) is 18.2 Å². The van der Waals surface area contributed by atoms with Gasteiger partial charge in [-0.25, -0.2) is 4.39 Å². The molecular formula is C26H18FN3O2S. The molecule has 5 rings (SSSR count). The summed E-state index contributed by atoms with van der Waals surface area (Å²) in [4.78, 5) is 17.7. The molecule has 33 heavy (non-hydrogen) atoms. The lowest BCUT2D eigenvalue weighted by Crippen LogP contribution is -2.23. The zero-order valence-electron chi connectivity index (χ0n) is 17.4. The molecule has 3 aromatic carbocycles. The molecule has 7 heteroatoms. The minimum Gasteiger partial charge on any atom is -0.489 e. The summed E-state index contributed by atoms with van der Waals surface area (Å²) in [5.74, 6) is 0.898. The Morgan fingerprint density at radius 2 is 1.64 bits per heavy atom. The highest BCUT2D eigenvalue weighted by Gasteiger charge is 2.09. The Labute approximate surface area is 192 Å². The Morgan fingerprint density at radius 1 is 0.909 bits per heavy atom. The monoisotopic (exact) mass is 455 g/mol. The van der Waals surface area contributed by atoms with Gasteiger partial charge in [-0.1, -0.05) is 72.0 Å². The van der Waals surface area contributed by atoms with Crippen LogP contribution >= 0.6 is 11.3 Å². The Morgan fingerprint density at radius 3 is 2.36 bits per heavy atom. The van der Waals surface area contributed by atoms with Gasteiger partial charge in [0.05, 0.1) is 4.53 Å². The molecule has 0 fully saturated rings. The molecule has 0 aliphatic rings. The molecule has 0 saturated heterocycles. The summed E-state index contributed by atoms with van der Waals surface area (Å²) in [5, 5.41) is 4.28. The van der Waals surface area contributed by atoms with Crippen LogP contribution in [0, 0.1) is 5.82 Å². The van der Waals surface area contributed by atoms with Crippen molar-refractivity contribution in [1.82, 2.24) is 14.6 Å². The van der Waals surface area contributed by atoms with E-state index in [9.17, 15) is 9.18 Å². The predicted molar refractivity (Wildman–Crippen MR) is 128 cm³/mol. The van der Waals surface area contributed by atoms with Crippen LogP contribution in [0.1, 0.15) is 22.5 Å². The number of hydrogen-bond acceptors (Lipinski definition) is 5. The highest BCUT2D eigenvalue weighted by atomic mass is 32.1. The van der Waals surface area contributed by atoms with Crippen LogP contribution in [0.5, 0.6) is 5.75 Å². The molecule has 0 saturated carbocycles. The lowest BCUT2D eigenvalue weighted by atomic mass is 10.2. The van der Waals surface area contributed by atoms with E-state index in [1.807, 2.05) is 60.7 Å². The van der Waals surface area contributed by atoms with E-state index in [0.29, 0.717) is 21.9 Å². The maximum atomic E-state index is 13.0. The van der Waals surface area contributed by atoms with Gasteiger partial charge in [-0.15, -0.1) is 5.10 Å². The number of ether oxygens (including phenoxy) is 1. The Hall–Kier alpha value is -4.10. The van der Waals surface area contributed by atoms with Gasteiger partial charge in [0.15, 0.2) is 5.82 Å². The van der Waals surface area contributed by atoms with E-state index < -0.39 is 0 Å². The van der Waals surface area contributed by atoms with Crippen LogP contribution in [0.15, 0.2) is 83.7 Å². The molecule has 5 nitrogen and oxygen atoms in total. The molecule has 0 bridgehead atoms. The van der Waals surface area contributed by atoms with E-state index in [2.05, 4.69) is 10.1 Å². The summed E-state index contributed by atoms with van der Waals surface area (Å²) in [6.45, 7) is 0.500. The zero-order chi connectivity index (χ0) is 22.6. The number of rotatable bonds is 6. The molecule has 0 amide bonds. The van der Waals surface area contributed by atoms with Crippen LogP contribution in [-0.2, 0) is 6.61 Å². The fraction of sp³-hybridized carbons (Fsp3) is 0.0385. The second kappa shape index (κ2) is 9.18. The number of nitrogens with zero attached hydrogens (tertiary/aromatic N) is 3. The number of hydrogen-bond donors (Lipinski definition) is 0. The van der Waals surface area contributed by atoms with Crippen molar-refractivity contribution in [2.45, 2.75) is 6.61 Å². The van der Waals surface area contributed by atoms with E-state index >= 15 is 0 Å². The minimum atomic E-state index is -0.290. The number of halogens is 1. The van der Waals surface area contributed by atoms with Crippen molar-refractivity contribution in [2.24, 2.45) is 0 Å². The van der Waals surface area contributed by atoms with Gasteiger partial charge in [-0.2, -0.15) is 9.50 Å². The van der Waals surface area contributed by atoms with E-state index in [-0.39, 0.29) is 11.4 Å². The summed E-state index contributed by atoms with van der Waals surface area (Å²) in [6.07, 6.45) is 5.29. The lowest BCUT2D eigenvalue weighted by molar-refractivity contribution is 0.306. The first-order valence-corrected chi connectivity index (χ1v) is 11.1. The van der Waals surface area contributed by atoms with Gasteiger partial charge in [0.25, 0.3) is 5.56 Å². The molecule has 0 atom stereocenters. The van der Waals surface area contributed by atoms with Gasteiger partial charge in [-0.05, 0) is 53.1 Å². The van der Waals surface area contributed by atoms with Gasteiger partial charge in [0.2, 0.25) is 4.96 Å². The third-order valence-corrected chi connectivity index (χ3v) is 5.88. The average Bonchev–Trinajstić information content (AvgIpc) is 3.37. The van der Waals surface area contributed by atoms with Crippen molar-refractivity contribution in [1.29, 1.82) is 0 Å². The summed E-state index contributed by atoms with van der Waals surface area (Å²) >= 11 is 1.28. The molecule has 0 radical (unpaired) electrons.